The lowest BCUT2D eigenvalue weighted by molar-refractivity contribution is 0.0600. The van der Waals surface area contributed by atoms with Crippen molar-refractivity contribution in [3.63, 3.8) is 0 Å². The molecule has 0 atom stereocenters. The van der Waals surface area contributed by atoms with Crippen LogP contribution in [0.1, 0.15) is 36.6 Å². The fraction of sp³-hybridized carbons (Fsp3) is 0.0952. The molecule has 0 saturated carbocycles. The molecule has 0 aliphatic rings. The fourth-order valence-electron chi connectivity index (χ4n) is 2.53. The molecule has 0 unspecified atom stereocenters. The molecule has 6 nitrogen and oxygen atoms in total. The van der Waals surface area contributed by atoms with E-state index in [1.54, 1.807) is 60.0 Å². The van der Waals surface area contributed by atoms with Crippen LogP contribution in [0.4, 0.5) is 5.69 Å². The Morgan fingerprint density at radius 3 is 2.36 bits per heavy atom. The van der Waals surface area contributed by atoms with Gasteiger partial charge in [-0.1, -0.05) is 24.3 Å². The Balaban J connectivity index is 1.66. The summed E-state index contributed by atoms with van der Waals surface area (Å²) in [4.78, 5) is 36.3. The second kappa shape index (κ2) is 8.96. The highest BCUT2D eigenvalue weighted by Gasteiger charge is 2.14. The lowest BCUT2D eigenvalue weighted by Gasteiger charge is -2.11. The van der Waals surface area contributed by atoms with E-state index >= 15 is 0 Å². The summed E-state index contributed by atoms with van der Waals surface area (Å²) in [5.41, 5.74) is 2.64. The van der Waals surface area contributed by atoms with Gasteiger partial charge in [0.2, 0.25) is 0 Å². The smallest absolute Gasteiger partial charge is 0.337 e. The Hall–Kier alpha value is -3.45. The fourth-order valence-corrected chi connectivity index (χ4v) is 3.17. The Morgan fingerprint density at radius 2 is 1.68 bits per heavy atom. The summed E-state index contributed by atoms with van der Waals surface area (Å²) in [5, 5.41) is 9.16. The maximum Gasteiger partial charge on any atom is 0.337 e. The monoisotopic (exact) mass is 394 g/mol. The Bertz CT molecular complexity index is 982. The van der Waals surface area contributed by atoms with E-state index < -0.39 is 5.97 Å². The third-order valence-corrected chi connectivity index (χ3v) is 4.71. The van der Waals surface area contributed by atoms with Crippen molar-refractivity contribution in [3.05, 3.63) is 87.6 Å². The van der Waals surface area contributed by atoms with Gasteiger partial charge in [0.1, 0.15) is 0 Å². The maximum atomic E-state index is 12.6. The minimum atomic E-state index is -0.411. The number of nitrogens with one attached hydrogen (secondary N) is 2. The molecular formula is C21H18N2O4S. The van der Waals surface area contributed by atoms with Crippen LogP contribution < -0.4 is 10.6 Å². The predicted molar refractivity (Wildman–Crippen MR) is 108 cm³/mol. The summed E-state index contributed by atoms with van der Waals surface area (Å²) in [5.74, 6) is -0.982. The van der Waals surface area contributed by atoms with Gasteiger partial charge in [-0.25, -0.2) is 4.79 Å². The molecule has 142 valence electrons. The zero-order valence-corrected chi connectivity index (χ0v) is 15.9. The average Bonchev–Trinajstić information content (AvgIpc) is 3.27. The van der Waals surface area contributed by atoms with Crippen molar-refractivity contribution in [1.29, 1.82) is 0 Å². The Labute approximate surface area is 166 Å². The zero-order valence-electron chi connectivity index (χ0n) is 15.1. The number of hydrogen-bond donors (Lipinski definition) is 2. The van der Waals surface area contributed by atoms with Gasteiger partial charge >= 0.3 is 5.97 Å². The first-order chi connectivity index (χ1) is 13.6. The number of esters is 1. The number of benzene rings is 2. The van der Waals surface area contributed by atoms with Crippen LogP contribution in [0.5, 0.6) is 0 Å². The molecule has 0 spiro atoms. The van der Waals surface area contributed by atoms with E-state index in [2.05, 4.69) is 15.4 Å². The van der Waals surface area contributed by atoms with Gasteiger partial charge in [0, 0.05) is 11.9 Å². The molecule has 0 bridgehead atoms. The summed E-state index contributed by atoms with van der Waals surface area (Å²) < 4.78 is 4.66. The highest BCUT2D eigenvalue weighted by atomic mass is 32.1. The van der Waals surface area contributed by atoms with E-state index in [-0.39, 0.29) is 18.4 Å². The molecular weight excluding hydrogens is 376 g/mol. The number of anilines is 1. The molecule has 0 fully saturated rings. The zero-order chi connectivity index (χ0) is 19.9. The predicted octanol–water partition coefficient (Wildman–Crippen LogP) is 3.72. The lowest BCUT2D eigenvalue weighted by Crippen LogP contribution is -2.24. The number of amides is 2. The topological polar surface area (TPSA) is 84.5 Å². The SMILES string of the molecule is COC(=O)c1ccc(CNC(=O)c2ccccc2NC(=O)c2ccsc2)cc1. The molecule has 2 amide bonds. The number of carbonyl (C=O) groups is 3. The van der Waals surface area contributed by atoms with Crippen molar-refractivity contribution in [2.75, 3.05) is 12.4 Å². The Kier molecular flexibility index (Phi) is 6.18. The quantitative estimate of drug-likeness (QED) is 0.624. The van der Waals surface area contributed by atoms with E-state index in [0.29, 0.717) is 22.4 Å². The van der Waals surface area contributed by atoms with Crippen molar-refractivity contribution in [1.82, 2.24) is 5.32 Å². The summed E-state index contributed by atoms with van der Waals surface area (Å²) in [6, 6.07) is 15.3. The molecule has 0 aliphatic carbocycles. The largest absolute Gasteiger partial charge is 0.465 e. The number of para-hydroxylation sites is 1. The molecule has 2 N–H and O–H groups in total. The third kappa shape index (κ3) is 4.63. The molecule has 1 aromatic heterocycles. The van der Waals surface area contributed by atoms with Gasteiger partial charge in [0.15, 0.2) is 0 Å². The third-order valence-electron chi connectivity index (χ3n) is 4.03. The Morgan fingerprint density at radius 1 is 0.929 bits per heavy atom. The number of rotatable bonds is 6. The maximum absolute atomic E-state index is 12.6. The van der Waals surface area contributed by atoms with E-state index in [0.717, 1.165) is 5.56 Å². The normalized spacial score (nSPS) is 10.2. The van der Waals surface area contributed by atoms with Crippen LogP contribution in [0.2, 0.25) is 0 Å². The molecule has 0 radical (unpaired) electrons. The van der Waals surface area contributed by atoms with Gasteiger partial charge in [-0.15, -0.1) is 0 Å². The first-order valence-corrected chi connectivity index (χ1v) is 9.41. The summed E-state index contributed by atoms with van der Waals surface area (Å²) in [7, 11) is 1.32. The van der Waals surface area contributed by atoms with Crippen LogP contribution in [0, 0.1) is 0 Å². The average molecular weight is 394 g/mol. The minimum absolute atomic E-state index is 0.264. The van der Waals surface area contributed by atoms with Crippen molar-refractivity contribution in [2.24, 2.45) is 0 Å². The second-order valence-corrected chi connectivity index (χ2v) is 6.66. The molecule has 3 rings (SSSR count). The van der Waals surface area contributed by atoms with Gasteiger partial charge in [0.05, 0.1) is 29.5 Å². The number of carbonyl (C=O) groups excluding carboxylic acids is 3. The number of methoxy groups -OCH3 is 1. The van der Waals surface area contributed by atoms with Gasteiger partial charge < -0.3 is 15.4 Å². The van der Waals surface area contributed by atoms with E-state index in [1.165, 1.54) is 18.4 Å². The highest BCUT2D eigenvalue weighted by Crippen LogP contribution is 2.17. The molecule has 2 aromatic carbocycles. The van der Waals surface area contributed by atoms with Crippen molar-refractivity contribution >= 4 is 34.8 Å². The van der Waals surface area contributed by atoms with Gasteiger partial charge in [-0.3, -0.25) is 9.59 Å². The molecule has 3 aromatic rings. The molecule has 7 heteroatoms. The number of thiophene rings is 1. The van der Waals surface area contributed by atoms with Gasteiger partial charge in [0.25, 0.3) is 11.8 Å². The minimum Gasteiger partial charge on any atom is -0.465 e. The highest BCUT2D eigenvalue weighted by molar-refractivity contribution is 7.08. The molecule has 1 heterocycles. The molecule has 0 aliphatic heterocycles. The summed E-state index contributed by atoms with van der Waals surface area (Å²) in [6.45, 7) is 0.285. The molecule has 0 saturated heterocycles. The number of ether oxygens (including phenoxy) is 1. The van der Waals surface area contributed by atoms with Gasteiger partial charge in [-0.2, -0.15) is 11.3 Å². The van der Waals surface area contributed by atoms with Crippen molar-refractivity contribution < 1.29 is 19.1 Å². The van der Waals surface area contributed by atoms with Gasteiger partial charge in [-0.05, 0) is 41.3 Å². The standard InChI is InChI=1S/C21H18N2O4S/c1-27-21(26)15-8-6-14(7-9-15)12-22-20(25)17-4-2-3-5-18(17)23-19(24)16-10-11-28-13-16/h2-11,13H,12H2,1H3,(H,22,25)(H,23,24). The van der Waals surface area contributed by atoms with E-state index in [4.69, 9.17) is 0 Å². The summed E-state index contributed by atoms with van der Waals surface area (Å²) in [6.07, 6.45) is 0. The first kappa shape index (κ1) is 19.3. The summed E-state index contributed by atoms with van der Waals surface area (Å²) >= 11 is 1.43. The van der Waals surface area contributed by atoms with Crippen molar-refractivity contribution in [2.45, 2.75) is 6.54 Å². The van der Waals surface area contributed by atoms with Crippen LogP contribution >= 0.6 is 11.3 Å². The second-order valence-electron chi connectivity index (χ2n) is 5.88. The first-order valence-electron chi connectivity index (χ1n) is 8.46. The van der Waals surface area contributed by atoms with Crippen molar-refractivity contribution in [3.8, 4) is 0 Å². The number of hydrogen-bond acceptors (Lipinski definition) is 5. The lowest BCUT2D eigenvalue weighted by atomic mass is 10.1. The van der Waals surface area contributed by atoms with E-state index in [1.807, 2.05) is 5.38 Å². The molecule has 28 heavy (non-hydrogen) atoms. The van der Waals surface area contributed by atoms with Crippen LogP contribution in [0.15, 0.2) is 65.4 Å². The van der Waals surface area contributed by atoms with Crippen LogP contribution in [0.25, 0.3) is 0 Å². The van der Waals surface area contributed by atoms with Crippen LogP contribution in [-0.2, 0) is 11.3 Å². The van der Waals surface area contributed by atoms with E-state index in [9.17, 15) is 14.4 Å². The van der Waals surface area contributed by atoms with Crippen LogP contribution in [0.3, 0.4) is 0 Å². The van der Waals surface area contributed by atoms with Crippen LogP contribution in [-0.4, -0.2) is 24.9 Å².